The average Bonchev–Trinajstić information content (AvgIpc) is 3.07. The maximum atomic E-state index is 12.1. The summed E-state index contributed by atoms with van der Waals surface area (Å²) in [6.07, 6.45) is 1.92. The second-order valence-electron chi connectivity index (χ2n) is 8.82. The molecule has 0 saturated carbocycles. The highest BCUT2D eigenvalue weighted by Crippen LogP contribution is 2.50. The van der Waals surface area contributed by atoms with Gasteiger partial charge in [0.2, 0.25) is 0 Å². The molecule has 31 heavy (non-hydrogen) atoms. The molecule has 3 aromatic rings. The van der Waals surface area contributed by atoms with E-state index in [1.54, 1.807) is 0 Å². The zero-order chi connectivity index (χ0) is 21.5. The summed E-state index contributed by atoms with van der Waals surface area (Å²) in [5, 5.41) is 11.5. The number of methoxy groups -OCH3 is 1. The highest BCUT2D eigenvalue weighted by atomic mass is 16.5. The first-order valence-electron chi connectivity index (χ1n) is 10.9. The first kappa shape index (κ1) is 19.8. The van der Waals surface area contributed by atoms with E-state index in [0.29, 0.717) is 6.42 Å². The van der Waals surface area contributed by atoms with Crippen molar-refractivity contribution in [2.45, 2.75) is 37.9 Å². The van der Waals surface area contributed by atoms with Crippen molar-refractivity contribution >= 4 is 16.9 Å². The van der Waals surface area contributed by atoms with Crippen molar-refractivity contribution in [1.29, 1.82) is 5.26 Å². The normalized spacial score (nSPS) is 25.1. The van der Waals surface area contributed by atoms with E-state index in [1.165, 1.54) is 34.8 Å². The first-order chi connectivity index (χ1) is 15.1. The van der Waals surface area contributed by atoms with Crippen LogP contribution in [-0.4, -0.2) is 28.6 Å². The molecule has 0 unspecified atom stereocenters. The van der Waals surface area contributed by atoms with Gasteiger partial charge in [0.15, 0.2) is 0 Å². The Hall–Kier alpha value is -3.10. The molecule has 0 aliphatic carbocycles. The summed E-state index contributed by atoms with van der Waals surface area (Å²) in [6, 6.07) is 21.9. The Morgan fingerprint density at radius 1 is 1.16 bits per heavy atom. The average molecular weight is 414 g/mol. The topological polar surface area (TPSA) is 58.3 Å². The highest BCUT2D eigenvalue weighted by molar-refractivity contribution is 5.86. The van der Waals surface area contributed by atoms with Crippen molar-refractivity contribution in [3.8, 4) is 6.07 Å². The standard InChI is InChI=1S/C26H27N3O2/c1-28-22-11-7-6-10-19(22)20-14-23-21(15-27)18(13-25(30)31-2)12-24(26(20)28)29(23)16-17-8-4-3-5-9-17/h3-11,18,21,23-24H,12-14,16H2,1-2H3/t18-,21+,23-,24-/m0/s1. The molecule has 3 heterocycles. The predicted molar refractivity (Wildman–Crippen MR) is 119 cm³/mol. The van der Waals surface area contributed by atoms with Gasteiger partial charge in [-0.25, -0.2) is 0 Å². The van der Waals surface area contributed by atoms with Crippen LogP contribution in [0.15, 0.2) is 54.6 Å². The summed E-state index contributed by atoms with van der Waals surface area (Å²) < 4.78 is 7.29. The van der Waals surface area contributed by atoms with Crippen molar-refractivity contribution in [2.75, 3.05) is 7.11 Å². The summed E-state index contributed by atoms with van der Waals surface area (Å²) >= 11 is 0. The number of fused-ring (bicyclic) bond motifs is 6. The van der Waals surface area contributed by atoms with Crippen LogP contribution in [0.25, 0.3) is 10.9 Å². The van der Waals surface area contributed by atoms with Gasteiger partial charge in [0, 0.05) is 42.7 Å². The number of carbonyl (C=O) groups is 1. The summed E-state index contributed by atoms with van der Waals surface area (Å²) in [5.41, 5.74) is 5.19. The van der Waals surface area contributed by atoms with Crippen molar-refractivity contribution in [3.63, 3.8) is 0 Å². The maximum Gasteiger partial charge on any atom is 0.305 e. The van der Waals surface area contributed by atoms with Gasteiger partial charge in [0.1, 0.15) is 0 Å². The van der Waals surface area contributed by atoms with Gasteiger partial charge in [-0.3, -0.25) is 9.69 Å². The molecule has 0 N–H and O–H groups in total. The molecule has 5 heteroatoms. The van der Waals surface area contributed by atoms with Crippen LogP contribution in [0, 0.1) is 23.2 Å². The lowest BCUT2D eigenvalue weighted by molar-refractivity contribution is -0.143. The van der Waals surface area contributed by atoms with Gasteiger partial charge in [0.25, 0.3) is 0 Å². The Kier molecular flexibility index (Phi) is 5.03. The molecule has 4 atom stereocenters. The van der Waals surface area contributed by atoms with Gasteiger partial charge < -0.3 is 9.30 Å². The number of nitrogens with zero attached hydrogens (tertiary/aromatic N) is 3. The minimum absolute atomic E-state index is 0.00522. The van der Waals surface area contributed by atoms with Crippen LogP contribution in [0.4, 0.5) is 0 Å². The van der Waals surface area contributed by atoms with Gasteiger partial charge in [-0.15, -0.1) is 0 Å². The number of hydrogen-bond donors (Lipinski definition) is 0. The molecule has 2 aliphatic rings. The number of benzene rings is 2. The van der Waals surface area contributed by atoms with Crippen molar-refractivity contribution in [1.82, 2.24) is 9.47 Å². The Balaban J connectivity index is 1.63. The van der Waals surface area contributed by atoms with Crippen LogP contribution in [-0.2, 0) is 29.5 Å². The number of para-hydroxylation sites is 1. The van der Waals surface area contributed by atoms with Crippen LogP contribution < -0.4 is 0 Å². The molecule has 0 amide bonds. The van der Waals surface area contributed by atoms with Crippen LogP contribution in [0.2, 0.25) is 0 Å². The number of carbonyl (C=O) groups excluding carboxylic acids is 1. The van der Waals surface area contributed by atoms with Crippen LogP contribution in [0.1, 0.15) is 35.7 Å². The highest BCUT2D eigenvalue weighted by Gasteiger charge is 2.49. The molecule has 0 spiro atoms. The number of aromatic nitrogens is 1. The fourth-order valence-electron chi connectivity index (χ4n) is 5.89. The van der Waals surface area contributed by atoms with E-state index < -0.39 is 0 Å². The number of aryl methyl sites for hydroxylation is 1. The molecule has 2 bridgehead atoms. The quantitative estimate of drug-likeness (QED) is 0.596. The lowest BCUT2D eigenvalue weighted by Gasteiger charge is -2.51. The molecule has 0 radical (unpaired) electrons. The second-order valence-corrected chi connectivity index (χ2v) is 8.82. The lowest BCUT2D eigenvalue weighted by atomic mass is 9.69. The van der Waals surface area contributed by atoms with Gasteiger partial charge in [-0.2, -0.15) is 5.26 Å². The minimum atomic E-state index is -0.225. The third kappa shape index (κ3) is 3.23. The molecular formula is C26H27N3O2. The molecule has 1 aromatic heterocycles. The summed E-state index contributed by atoms with van der Waals surface area (Å²) in [4.78, 5) is 14.6. The Morgan fingerprint density at radius 2 is 1.90 bits per heavy atom. The van der Waals surface area contributed by atoms with Crippen LogP contribution in [0.5, 0.6) is 0 Å². The number of ether oxygens (including phenoxy) is 1. The fourth-order valence-corrected chi connectivity index (χ4v) is 5.89. The summed E-state index contributed by atoms with van der Waals surface area (Å²) in [6.45, 7) is 0.806. The fraction of sp³-hybridized carbons (Fsp3) is 0.385. The zero-order valence-electron chi connectivity index (χ0n) is 18.0. The van der Waals surface area contributed by atoms with E-state index >= 15 is 0 Å². The largest absolute Gasteiger partial charge is 0.469 e. The number of hydrogen-bond acceptors (Lipinski definition) is 4. The molecule has 2 aromatic carbocycles. The predicted octanol–water partition coefficient (Wildman–Crippen LogP) is 4.37. The van der Waals surface area contributed by atoms with E-state index in [0.717, 1.165) is 19.4 Å². The Morgan fingerprint density at radius 3 is 2.65 bits per heavy atom. The number of nitriles is 1. The first-order valence-corrected chi connectivity index (χ1v) is 10.9. The molecule has 1 fully saturated rings. The lowest BCUT2D eigenvalue weighted by Crippen LogP contribution is -2.54. The third-order valence-corrected chi connectivity index (χ3v) is 7.28. The van der Waals surface area contributed by atoms with Crippen molar-refractivity contribution in [2.24, 2.45) is 18.9 Å². The molecule has 5 nitrogen and oxygen atoms in total. The van der Waals surface area contributed by atoms with Crippen LogP contribution >= 0.6 is 0 Å². The van der Waals surface area contributed by atoms with Crippen LogP contribution in [0.3, 0.4) is 0 Å². The van der Waals surface area contributed by atoms with Gasteiger partial charge in [0.05, 0.1) is 25.1 Å². The van der Waals surface area contributed by atoms with Gasteiger partial charge >= 0.3 is 5.97 Å². The molecular weight excluding hydrogens is 386 g/mol. The molecule has 5 rings (SSSR count). The Labute approximate surface area is 182 Å². The smallest absolute Gasteiger partial charge is 0.305 e. The monoisotopic (exact) mass is 413 g/mol. The minimum Gasteiger partial charge on any atom is -0.469 e. The van der Waals surface area contributed by atoms with E-state index in [9.17, 15) is 10.1 Å². The number of piperidine rings is 1. The van der Waals surface area contributed by atoms with Crippen molar-refractivity contribution in [3.05, 3.63) is 71.4 Å². The van der Waals surface area contributed by atoms with Crippen molar-refractivity contribution < 1.29 is 9.53 Å². The maximum absolute atomic E-state index is 12.1. The molecule has 2 aliphatic heterocycles. The Bertz CT molecular complexity index is 1160. The summed E-state index contributed by atoms with van der Waals surface area (Å²) in [5.74, 6) is -0.422. The van der Waals surface area contributed by atoms with E-state index in [4.69, 9.17) is 4.74 Å². The second kappa shape index (κ2) is 7.86. The van der Waals surface area contributed by atoms with Gasteiger partial charge in [-0.1, -0.05) is 48.5 Å². The van der Waals surface area contributed by atoms with E-state index in [2.05, 4.69) is 71.1 Å². The van der Waals surface area contributed by atoms with Gasteiger partial charge in [-0.05, 0) is 36.0 Å². The van der Waals surface area contributed by atoms with E-state index in [1.807, 2.05) is 6.07 Å². The number of rotatable bonds is 4. The zero-order valence-corrected chi connectivity index (χ0v) is 18.0. The SMILES string of the molecule is COC(=O)C[C@@H]1C[C@H]2c3c(c4ccccc4n3C)C[C@@H]([C@@H]1C#N)N2Cc1ccccc1. The molecule has 158 valence electrons. The number of esters is 1. The third-order valence-electron chi connectivity index (χ3n) is 7.28. The van der Waals surface area contributed by atoms with E-state index in [-0.39, 0.29) is 29.9 Å². The molecule has 1 saturated heterocycles. The summed E-state index contributed by atoms with van der Waals surface area (Å²) in [7, 11) is 3.57.